The Morgan fingerprint density at radius 1 is 1.13 bits per heavy atom. The first-order valence-electron chi connectivity index (χ1n) is 10.1. The van der Waals surface area contributed by atoms with Crippen LogP contribution in [0, 0.1) is 11.6 Å². The Hall–Kier alpha value is -2.43. The van der Waals surface area contributed by atoms with Crippen LogP contribution in [-0.2, 0) is 11.2 Å². The number of anilines is 2. The lowest BCUT2D eigenvalue weighted by atomic mass is 10.2. The molecule has 2 aromatic rings. The molecule has 1 atom stereocenters. The Balaban J connectivity index is 0.00000272. The molecule has 0 bridgehead atoms. The van der Waals surface area contributed by atoms with Crippen molar-refractivity contribution < 1.29 is 13.6 Å². The molecule has 2 heterocycles. The van der Waals surface area contributed by atoms with Gasteiger partial charge in [-0.3, -0.25) is 9.79 Å². The molecule has 2 aliphatic heterocycles. The van der Waals surface area contributed by atoms with E-state index in [9.17, 15) is 13.6 Å². The molecular weight excluding hydrogens is 515 g/mol. The molecule has 0 spiro atoms. The zero-order valence-corrected chi connectivity index (χ0v) is 19.6. The standard InChI is InChI=1S/C22H25F2N5O.HI/c1-25-22(26-13-20(30)29-12-9-15-5-2-3-8-19(15)29)27-16-10-11-28(14-16)21-17(23)6-4-7-18(21)24;/h2-8,16H,9-14H2,1H3,(H2,25,26,27);1H. The number of nitrogens with one attached hydrogen (secondary N) is 2. The molecule has 0 aromatic heterocycles. The van der Waals surface area contributed by atoms with E-state index >= 15 is 0 Å². The maximum atomic E-state index is 14.0. The van der Waals surface area contributed by atoms with Crippen molar-refractivity contribution in [2.24, 2.45) is 4.99 Å². The minimum Gasteiger partial charge on any atom is -0.365 e. The second kappa shape index (κ2) is 10.3. The molecule has 0 radical (unpaired) electrons. The topological polar surface area (TPSA) is 60.0 Å². The molecule has 166 valence electrons. The van der Waals surface area contributed by atoms with Gasteiger partial charge >= 0.3 is 0 Å². The number of rotatable bonds is 4. The zero-order valence-electron chi connectivity index (χ0n) is 17.3. The van der Waals surface area contributed by atoms with Gasteiger partial charge in [-0.25, -0.2) is 8.78 Å². The first-order valence-corrected chi connectivity index (χ1v) is 10.1. The number of nitrogens with zero attached hydrogens (tertiary/aromatic N) is 3. The number of para-hydroxylation sites is 2. The number of aliphatic imine (C=N–C) groups is 1. The highest BCUT2D eigenvalue weighted by Gasteiger charge is 2.28. The van der Waals surface area contributed by atoms with Gasteiger partial charge in [0.25, 0.3) is 0 Å². The van der Waals surface area contributed by atoms with E-state index in [0.717, 1.165) is 12.1 Å². The third-order valence-electron chi connectivity index (χ3n) is 5.60. The van der Waals surface area contributed by atoms with Crippen LogP contribution in [0.5, 0.6) is 0 Å². The minimum atomic E-state index is -0.561. The van der Waals surface area contributed by atoms with Gasteiger partial charge in [0.15, 0.2) is 5.96 Å². The van der Waals surface area contributed by atoms with Crippen LogP contribution < -0.4 is 20.4 Å². The number of fused-ring (bicyclic) bond motifs is 1. The van der Waals surface area contributed by atoms with Crippen molar-refractivity contribution in [2.45, 2.75) is 18.9 Å². The molecule has 1 saturated heterocycles. The Morgan fingerprint density at radius 2 is 1.87 bits per heavy atom. The van der Waals surface area contributed by atoms with Crippen molar-refractivity contribution in [3.05, 3.63) is 59.7 Å². The summed E-state index contributed by atoms with van der Waals surface area (Å²) in [5, 5.41) is 6.31. The Bertz CT molecular complexity index is 950. The van der Waals surface area contributed by atoms with Crippen LogP contribution >= 0.6 is 24.0 Å². The monoisotopic (exact) mass is 541 g/mol. The third-order valence-corrected chi connectivity index (χ3v) is 5.60. The van der Waals surface area contributed by atoms with E-state index in [1.165, 1.54) is 23.8 Å². The van der Waals surface area contributed by atoms with Crippen LogP contribution in [0.3, 0.4) is 0 Å². The second-order valence-corrected chi connectivity index (χ2v) is 7.50. The highest BCUT2D eigenvalue weighted by molar-refractivity contribution is 14.0. The van der Waals surface area contributed by atoms with E-state index in [0.29, 0.717) is 32.0 Å². The van der Waals surface area contributed by atoms with E-state index in [2.05, 4.69) is 15.6 Å². The number of carbonyl (C=O) groups is 1. The van der Waals surface area contributed by atoms with Crippen molar-refractivity contribution in [2.75, 3.05) is 43.0 Å². The van der Waals surface area contributed by atoms with Gasteiger partial charge in [-0.15, -0.1) is 24.0 Å². The lowest BCUT2D eigenvalue weighted by Gasteiger charge is -2.22. The van der Waals surface area contributed by atoms with Crippen molar-refractivity contribution in [1.82, 2.24) is 10.6 Å². The predicted octanol–water partition coefficient (Wildman–Crippen LogP) is 2.92. The van der Waals surface area contributed by atoms with Crippen molar-refractivity contribution in [3.8, 4) is 0 Å². The average Bonchev–Trinajstić information content (AvgIpc) is 3.38. The van der Waals surface area contributed by atoms with Crippen LogP contribution in [0.15, 0.2) is 47.5 Å². The number of halogens is 3. The molecule has 0 aliphatic carbocycles. The van der Waals surface area contributed by atoms with E-state index in [1.807, 2.05) is 24.3 Å². The normalized spacial score (nSPS) is 17.9. The molecule has 2 N–H and O–H groups in total. The average molecular weight is 541 g/mol. The number of hydrogen-bond donors (Lipinski definition) is 2. The summed E-state index contributed by atoms with van der Waals surface area (Å²) in [4.78, 5) is 20.3. The van der Waals surface area contributed by atoms with Gasteiger partial charge in [0.2, 0.25) is 5.91 Å². The fraction of sp³-hybridized carbons (Fsp3) is 0.364. The summed E-state index contributed by atoms with van der Waals surface area (Å²) < 4.78 is 28.1. The highest BCUT2D eigenvalue weighted by atomic mass is 127. The highest BCUT2D eigenvalue weighted by Crippen LogP contribution is 2.28. The maximum absolute atomic E-state index is 14.0. The molecule has 9 heteroatoms. The summed E-state index contributed by atoms with van der Waals surface area (Å²) >= 11 is 0. The molecular formula is C22H26F2IN5O. The molecule has 0 saturated carbocycles. The first kappa shape index (κ1) is 23.2. The van der Waals surface area contributed by atoms with Crippen molar-refractivity contribution in [1.29, 1.82) is 0 Å². The summed E-state index contributed by atoms with van der Waals surface area (Å²) in [6, 6.07) is 11.8. The first-order chi connectivity index (χ1) is 14.6. The summed E-state index contributed by atoms with van der Waals surface area (Å²) in [7, 11) is 1.63. The van der Waals surface area contributed by atoms with Crippen molar-refractivity contribution >= 4 is 47.2 Å². The van der Waals surface area contributed by atoms with Gasteiger partial charge in [-0.05, 0) is 36.6 Å². The van der Waals surface area contributed by atoms with Gasteiger partial charge < -0.3 is 20.4 Å². The Labute approximate surface area is 197 Å². The number of hydrogen-bond acceptors (Lipinski definition) is 3. The number of benzene rings is 2. The molecule has 6 nitrogen and oxygen atoms in total. The van der Waals surface area contributed by atoms with E-state index in [-0.39, 0.29) is 48.2 Å². The molecule has 4 rings (SSSR count). The minimum absolute atomic E-state index is 0. The molecule has 1 fully saturated rings. The molecule has 2 aromatic carbocycles. The fourth-order valence-corrected chi connectivity index (χ4v) is 4.11. The largest absolute Gasteiger partial charge is 0.365 e. The predicted molar refractivity (Wildman–Crippen MR) is 129 cm³/mol. The summed E-state index contributed by atoms with van der Waals surface area (Å²) in [6.07, 6.45) is 1.57. The lowest BCUT2D eigenvalue weighted by molar-refractivity contribution is -0.117. The van der Waals surface area contributed by atoms with Crippen molar-refractivity contribution in [3.63, 3.8) is 0 Å². The van der Waals surface area contributed by atoms with Crippen LogP contribution in [0.1, 0.15) is 12.0 Å². The molecule has 1 unspecified atom stereocenters. The van der Waals surface area contributed by atoms with Crippen LogP contribution in [0.4, 0.5) is 20.2 Å². The van der Waals surface area contributed by atoms with Crippen LogP contribution in [0.2, 0.25) is 0 Å². The fourth-order valence-electron chi connectivity index (χ4n) is 4.11. The van der Waals surface area contributed by atoms with Crippen LogP contribution in [0.25, 0.3) is 0 Å². The Morgan fingerprint density at radius 3 is 2.61 bits per heavy atom. The summed E-state index contributed by atoms with van der Waals surface area (Å²) in [5.41, 5.74) is 2.15. The summed E-state index contributed by atoms with van der Waals surface area (Å²) in [5.74, 6) is -0.648. The summed E-state index contributed by atoms with van der Waals surface area (Å²) in [6.45, 7) is 1.78. The van der Waals surface area contributed by atoms with E-state index in [4.69, 9.17) is 0 Å². The quantitative estimate of drug-likeness (QED) is 0.355. The van der Waals surface area contributed by atoms with Gasteiger partial charge in [0.1, 0.15) is 17.3 Å². The Kier molecular flexibility index (Phi) is 7.69. The third kappa shape index (κ3) is 5.08. The van der Waals surface area contributed by atoms with Crippen LogP contribution in [-0.4, -0.2) is 51.1 Å². The van der Waals surface area contributed by atoms with Gasteiger partial charge in [-0.2, -0.15) is 0 Å². The number of guanidine groups is 1. The molecule has 2 aliphatic rings. The smallest absolute Gasteiger partial charge is 0.246 e. The van der Waals surface area contributed by atoms with E-state index in [1.54, 1.807) is 16.8 Å². The zero-order chi connectivity index (χ0) is 21.1. The molecule has 1 amide bonds. The second-order valence-electron chi connectivity index (χ2n) is 7.50. The SMILES string of the molecule is CN=C(NCC(=O)N1CCc2ccccc21)NC1CCN(c2c(F)cccc2F)C1.I. The lowest BCUT2D eigenvalue weighted by Crippen LogP contribution is -2.48. The number of carbonyl (C=O) groups excluding carboxylic acids is 1. The van der Waals surface area contributed by atoms with Gasteiger partial charge in [-0.1, -0.05) is 24.3 Å². The van der Waals surface area contributed by atoms with Gasteiger partial charge in [0, 0.05) is 38.4 Å². The van der Waals surface area contributed by atoms with Gasteiger partial charge in [0.05, 0.1) is 6.54 Å². The molecule has 31 heavy (non-hydrogen) atoms. The maximum Gasteiger partial charge on any atom is 0.246 e. The number of amides is 1. The van der Waals surface area contributed by atoms with E-state index < -0.39 is 11.6 Å².